The second-order valence-corrected chi connectivity index (χ2v) is 5.76. The van der Waals surface area contributed by atoms with Crippen LogP contribution in [0, 0.1) is 0 Å². The molecule has 1 aliphatic rings. The summed E-state index contributed by atoms with van der Waals surface area (Å²) >= 11 is 0. The minimum atomic E-state index is -0.274. The van der Waals surface area contributed by atoms with E-state index in [4.69, 9.17) is 4.74 Å². The Morgan fingerprint density at radius 1 is 0.944 bits per heavy atom. The predicted octanol–water partition coefficient (Wildman–Crippen LogP) is 4.78. The Bertz CT molecular complexity index is 246. The molecule has 0 atom stereocenters. The molecule has 0 aromatic carbocycles. The summed E-state index contributed by atoms with van der Waals surface area (Å²) in [5.74, 6) is -0.274. The van der Waals surface area contributed by atoms with Crippen molar-refractivity contribution in [3.05, 3.63) is 12.7 Å². The van der Waals surface area contributed by atoms with Gasteiger partial charge >= 0.3 is 5.97 Å². The molecule has 2 nitrogen and oxygen atoms in total. The van der Waals surface area contributed by atoms with E-state index in [1.807, 2.05) is 0 Å². The lowest BCUT2D eigenvalue weighted by Crippen LogP contribution is -2.31. The average Bonchev–Trinajstić information content (AvgIpc) is 2.34. The van der Waals surface area contributed by atoms with Crippen LogP contribution < -0.4 is 0 Å². The molecule has 0 saturated heterocycles. The van der Waals surface area contributed by atoms with Gasteiger partial charge in [-0.25, -0.2) is 4.79 Å². The normalized spacial score (nSPS) is 22.3. The highest BCUT2D eigenvalue weighted by Gasteiger charge is 2.27. The summed E-state index contributed by atoms with van der Waals surface area (Å²) in [4.78, 5) is 11.4. The van der Waals surface area contributed by atoms with E-state index in [1.165, 1.54) is 63.9 Å². The fraction of sp³-hybridized carbons (Fsp3) is 0.812. The van der Waals surface area contributed by atoms with Crippen LogP contribution in [0.1, 0.15) is 77.6 Å². The quantitative estimate of drug-likeness (QED) is 0.522. The lowest BCUT2D eigenvalue weighted by atomic mass is 9.90. The van der Waals surface area contributed by atoms with Gasteiger partial charge in [0.05, 0.1) is 0 Å². The average molecular weight is 252 g/mol. The van der Waals surface area contributed by atoms with Gasteiger partial charge in [0.1, 0.15) is 5.60 Å². The molecular weight excluding hydrogens is 224 g/mol. The lowest BCUT2D eigenvalue weighted by Gasteiger charge is -2.29. The molecule has 2 heteroatoms. The molecule has 0 heterocycles. The van der Waals surface area contributed by atoms with E-state index >= 15 is 0 Å². The zero-order chi connectivity index (χ0) is 13.3. The monoisotopic (exact) mass is 252 g/mol. The van der Waals surface area contributed by atoms with E-state index in [9.17, 15) is 4.79 Å². The summed E-state index contributed by atoms with van der Waals surface area (Å²) in [5, 5.41) is 0. The number of ether oxygens (including phenoxy) is 1. The molecule has 0 aliphatic heterocycles. The largest absolute Gasteiger partial charge is 0.456 e. The Morgan fingerprint density at radius 3 is 1.72 bits per heavy atom. The van der Waals surface area contributed by atoms with Crippen LogP contribution in [-0.4, -0.2) is 11.6 Å². The van der Waals surface area contributed by atoms with E-state index in [1.54, 1.807) is 0 Å². The van der Waals surface area contributed by atoms with Crippen LogP contribution in [0.4, 0.5) is 0 Å². The topological polar surface area (TPSA) is 26.3 Å². The maximum Gasteiger partial charge on any atom is 0.330 e. The van der Waals surface area contributed by atoms with E-state index in [0.717, 1.165) is 12.8 Å². The lowest BCUT2D eigenvalue weighted by molar-refractivity contribution is -0.153. The fourth-order valence-electron chi connectivity index (χ4n) is 2.75. The van der Waals surface area contributed by atoms with Crippen molar-refractivity contribution in [1.82, 2.24) is 0 Å². The second-order valence-electron chi connectivity index (χ2n) is 5.76. The van der Waals surface area contributed by atoms with Crippen molar-refractivity contribution in [2.75, 3.05) is 0 Å². The van der Waals surface area contributed by atoms with Crippen LogP contribution in [0.25, 0.3) is 0 Å². The molecule has 0 bridgehead atoms. The minimum absolute atomic E-state index is 0.273. The Hall–Kier alpha value is -0.790. The number of carbonyl (C=O) groups excluding carboxylic acids is 1. The first kappa shape index (κ1) is 15.3. The van der Waals surface area contributed by atoms with Crippen LogP contribution in [-0.2, 0) is 9.53 Å². The summed E-state index contributed by atoms with van der Waals surface area (Å²) in [6.07, 6.45) is 14.9. The van der Waals surface area contributed by atoms with Gasteiger partial charge in [-0.1, -0.05) is 51.5 Å². The third-order valence-electron chi connectivity index (χ3n) is 3.92. The SMILES string of the molecule is C=CC(=O)OC1(C)CCCCCCCCCCC1. The Balaban J connectivity index is 2.48. The van der Waals surface area contributed by atoms with Crippen LogP contribution in [0.3, 0.4) is 0 Å². The van der Waals surface area contributed by atoms with Crippen LogP contribution in [0.5, 0.6) is 0 Å². The van der Waals surface area contributed by atoms with Crippen LogP contribution in [0.15, 0.2) is 12.7 Å². The molecule has 0 aromatic rings. The van der Waals surface area contributed by atoms with Gasteiger partial charge in [0.15, 0.2) is 0 Å². The van der Waals surface area contributed by atoms with Crippen molar-refractivity contribution in [2.24, 2.45) is 0 Å². The molecule has 0 spiro atoms. The van der Waals surface area contributed by atoms with Gasteiger partial charge in [-0.3, -0.25) is 0 Å². The highest BCUT2D eigenvalue weighted by molar-refractivity contribution is 5.81. The summed E-state index contributed by atoms with van der Waals surface area (Å²) < 4.78 is 5.57. The third kappa shape index (κ3) is 6.23. The third-order valence-corrected chi connectivity index (χ3v) is 3.92. The van der Waals surface area contributed by atoms with Gasteiger partial charge in [0.25, 0.3) is 0 Å². The molecule has 0 amide bonds. The summed E-state index contributed by atoms with van der Waals surface area (Å²) in [6.45, 7) is 5.57. The van der Waals surface area contributed by atoms with Gasteiger partial charge in [0.2, 0.25) is 0 Å². The first-order chi connectivity index (χ1) is 8.66. The van der Waals surface area contributed by atoms with Gasteiger partial charge in [-0.15, -0.1) is 0 Å². The maximum atomic E-state index is 11.4. The highest BCUT2D eigenvalue weighted by atomic mass is 16.6. The van der Waals surface area contributed by atoms with E-state index in [0.29, 0.717) is 0 Å². The highest BCUT2D eigenvalue weighted by Crippen LogP contribution is 2.28. The van der Waals surface area contributed by atoms with Crippen molar-refractivity contribution < 1.29 is 9.53 Å². The molecule has 0 unspecified atom stereocenters. The molecule has 1 rings (SSSR count). The van der Waals surface area contributed by atoms with Crippen LogP contribution in [0.2, 0.25) is 0 Å². The molecule has 18 heavy (non-hydrogen) atoms. The van der Waals surface area contributed by atoms with Crippen molar-refractivity contribution in [3.8, 4) is 0 Å². The summed E-state index contributed by atoms with van der Waals surface area (Å²) in [7, 11) is 0. The standard InChI is InChI=1S/C16H28O2/c1-3-15(17)18-16(2)13-11-9-7-5-4-6-8-10-12-14-16/h3H,1,4-14H2,2H3. The Morgan fingerprint density at radius 2 is 1.33 bits per heavy atom. The maximum absolute atomic E-state index is 11.4. The minimum Gasteiger partial charge on any atom is -0.456 e. The predicted molar refractivity (Wildman–Crippen MR) is 75.5 cm³/mol. The van der Waals surface area contributed by atoms with E-state index < -0.39 is 0 Å². The smallest absolute Gasteiger partial charge is 0.330 e. The Labute approximate surface area is 112 Å². The van der Waals surface area contributed by atoms with Gasteiger partial charge < -0.3 is 4.74 Å². The summed E-state index contributed by atoms with van der Waals surface area (Å²) in [5.41, 5.74) is -0.273. The zero-order valence-electron chi connectivity index (χ0n) is 11.9. The molecule has 0 N–H and O–H groups in total. The van der Waals surface area contributed by atoms with Crippen molar-refractivity contribution in [2.45, 2.75) is 83.2 Å². The zero-order valence-corrected chi connectivity index (χ0v) is 11.9. The number of esters is 1. The number of hydrogen-bond acceptors (Lipinski definition) is 2. The van der Waals surface area contributed by atoms with Gasteiger partial charge in [-0.2, -0.15) is 0 Å². The van der Waals surface area contributed by atoms with Crippen molar-refractivity contribution in [1.29, 1.82) is 0 Å². The fourth-order valence-corrected chi connectivity index (χ4v) is 2.75. The van der Waals surface area contributed by atoms with Crippen molar-refractivity contribution in [3.63, 3.8) is 0 Å². The number of hydrogen-bond donors (Lipinski definition) is 0. The molecular formula is C16H28O2. The summed E-state index contributed by atoms with van der Waals surface area (Å²) in [6, 6.07) is 0. The number of rotatable bonds is 2. The molecule has 0 radical (unpaired) electrons. The number of carbonyl (C=O) groups is 1. The van der Waals surface area contributed by atoms with Gasteiger partial charge in [0, 0.05) is 6.08 Å². The molecule has 1 fully saturated rings. The first-order valence-electron chi connectivity index (χ1n) is 7.52. The first-order valence-corrected chi connectivity index (χ1v) is 7.52. The molecule has 104 valence electrons. The second kappa shape index (κ2) is 8.34. The van der Waals surface area contributed by atoms with E-state index in [2.05, 4.69) is 13.5 Å². The van der Waals surface area contributed by atoms with Crippen molar-refractivity contribution >= 4 is 5.97 Å². The molecule has 1 saturated carbocycles. The Kier molecular flexibility index (Phi) is 7.07. The molecule has 1 aliphatic carbocycles. The van der Waals surface area contributed by atoms with Crippen LogP contribution >= 0.6 is 0 Å². The van der Waals surface area contributed by atoms with E-state index in [-0.39, 0.29) is 11.6 Å². The molecule has 0 aromatic heterocycles. The van der Waals surface area contributed by atoms with Gasteiger partial charge in [-0.05, 0) is 32.6 Å².